The molecule has 3 rings (SSSR count). The largest absolute Gasteiger partial charge is 0.386 e. The van der Waals surface area contributed by atoms with E-state index in [1.165, 1.54) is 15.6 Å². The zero-order chi connectivity index (χ0) is 16.9. The van der Waals surface area contributed by atoms with Crippen molar-refractivity contribution in [1.29, 1.82) is 0 Å². The topological polar surface area (TPSA) is 79.2 Å². The van der Waals surface area contributed by atoms with Crippen LogP contribution in [0.15, 0.2) is 42.0 Å². The number of amides is 2. The number of carbonyl (C=O) groups is 1. The molecule has 0 spiro atoms. The Labute approximate surface area is 144 Å². The average molecular weight is 344 g/mol. The van der Waals surface area contributed by atoms with Crippen molar-refractivity contribution in [1.82, 2.24) is 20.4 Å². The van der Waals surface area contributed by atoms with Gasteiger partial charge < -0.3 is 15.7 Å². The van der Waals surface area contributed by atoms with E-state index in [9.17, 15) is 9.90 Å². The van der Waals surface area contributed by atoms with Gasteiger partial charge in [0.25, 0.3) is 0 Å². The molecule has 2 heterocycles. The van der Waals surface area contributed by atoms with Gasteiger partial charge in [0.2, 0.25) is 0 Å². The maximum absolute atomic E-state index is 11.8. The fourth-order valence-corrected chi connectivity index (χ4v) is 3.52. The van der Waals surface area contributed by atoms with Gasteiger partial charge in [-0.05, 0) is 28.8 Å². The molecule has 0 aliphatic rings. The number of nitrogens with one attached hydrogen (secondary N) is 2. The monoisotopic (exact) mass is 344 g/mol. The van der Waals surface area contributed by atoms with Gasteiger partial charge in [-0.15, -0.1) is 11.3 Å². The summed E-state index contributed by atoms with van der Waals surface area (Å²) in [7, 11) is 1.78. The number of benzene rings is 1. The van der Waals surface area contributed by atoms with Crippen LogP contribution in [0, 0.1) is 0 Å². The first-order valence-electron chi connectivity index (χ1n) is 7.77. The number of aryl methyl sites for hydroxylation is 1. The minimum atomic E-state index is -0.759. The van der Waals surface area contributed by atoms with Crippen LogP contribution in [0.4, 0.5) is 4.79 Å². The van der Waals surface area contributed by atoms with Crippen LogP contribution in [-0.4, -0.2) is 34.0 Å². The molecule has 0 radical (unpaired) electrons. The Hall–Kier alpha value is -2.38. The summed E-state index contributed by atoms with van der Waals surface area (Å²) < 4.78 is 2.88. The highest BCUT2D eigenvalue weighted by Crippen LogP contribution is 2.25. The molecule has 0 fully saturated rings. The fourth-order valence-electron chi connectivity index (χ4n) is 2.52. The van der Waals surface area contributed by atoms with Gasteiger partial charge in [0.1, 0.15) is 0 Å². The van der Waals surface area contributed by atoms with Gasteiger partial charge in [-0.1, -0.05) is 18.2 Å². The predicted octanol–water partition coefficient (Wildman–Crippen LogP) is 2.21. The van der Waals surface area contributed by atoms with Crippen LogP contribution in [0.2, 0.25) is 0 Å². The summed E-state index contributed by atoms with van der Waals surface area (Å²) in [5, 5.41) is 22.9. The van der Waals surface area contributed by atoms with Crippen molar-refractivity contribution < 1.29 is 9.90 Å². The van der Waals surface area contributed by atoms with Crippen LogP contribution in [-0.2, 0) is 13.5 Å². The van der Waals surface area contributed by atoms with Crippen LogP contribution in [0.5, 0.6) is 0 Å². The van der Waals surface area contributed by atoms with E-state index in [-0.39, 0.29) is 12.6 Å². The second-order valence-electron chi connectivity index (χ2n) is 5.61. The normalized spacial score (nSPS) is 12.2. The number of hydrogen-bond acceptors (Lipinski definition) is 4. The fraction of sp³-hybridized carbons (Fsp3) is 0.294. The number of hydrogen-bond donors (Lipinski definition) is 3. The van der Waals surface area contributed by atoms with Crippen LogP contribution in [0.1, 0.15) is 17.2 Å². The molecule has 3 aromatic rings. The van der Waals surface area contributed by atoms with Crippen LogP contribution >= 0.6 is 11.3 Å². The van der Waals surface area contributed by atoms with E-state index in [1.54, 1.807) is 35.5 Å². The molecule has 126 valence electrons. The Morgan fingerprint density at radius 3 is 3.00 bits per heavy atom. The van der Waals surface area contributed by atoms with Gasteiger partial charge in [-0.25, -0.2) is 4.79 Å². The number of rotatable bonds is 6. The summed E-state index contributed by atoms with van der Waals surface area (Å²) in [6, 6.07) is 7.98. The first kappa shape index (κ1) is 16.5. The van der Waals surface area contributed by atoms with Gasteiger partial charge >= 0.3 is 6.03 Å². The lowest BCUT2D eigenvalue weighted by atomic mass is 10.1. The molecule has 1 aromatic carbocycles. The molecule has 3 N–H and O–H groups in total. The highest BCUT2D eigenvalue weighted by Gasteiger charge is 2.11. The molecule has 0 aliphatic heterocycles. The molecule has 7 heteroatoms. The smallest absolute Gasteiger partial charge is 0.314 e. The van der Waals surface area contributed by atoms with E-state index >= 15 is 0 Å². The van der Waals surface area contributed by atoms with Crippen molar-refractivity contribution in [2.45, 2.75) is 12.5 Å². The molecule has 0 unspecified atom stereocenters. The molecule has 2 amide bonds. The lowest BCUT2D eigenvalue weighted by molar-refractivity contribution is 0.173. The minimum Gasteiger partial charge on any atom is -0.386 e. The van der Waals surface area contributed by atoms with E-state index in [4.69, 9.17) is 0 Å². The molecule has 0 aliphatic carbocycles. The molecule has 0 bridgehead atoms. The van der Waals surface area contributed by atoms with Gasteiger partial charge in [0, 0.05) is 36.6 Å². The van der Waals surface area contributed by atoms with E-state index in [0.29, 0.717) is 12.1 Å². The summed E-state index contributed by atoms with van der Waals surface area (Å²) in [6.07, 6.45) is 3.34. The predicted molar refractivity (Wildman–Crippen MR) is 95.1 cm³/mol. The van der Waals surface area contributed by atoms with E-state index in [1.807, 2.05) is 12.1 Å². The quantitative estimate of drug-likeness (QED) is 0.641. The number of nitrogens with zero attached hydrogens (tertiary/aromatic N) is 2. The Morgan fingerprint density at radius 2 is 2.21 bits per heavy atom. The number of carbonyl (C=O) groups excluding carboxylic acids is 1. The van der Waals surface area contributed by atoms with Gasteiger partial charge in [0.05, 0.1) is 12.3 Å². The Bertz CT molecular complexity index is 827. The summed E-state index contributed by atoms with van der Waals surface area (Å²) in [5.74, 6) is 0. The second-order valence-corrected chi connectivity index (χ2v) is 6.52. The number of aromatic nitrogens is 2. The summed E-state index contributed by atoms with van der Waals surface area (Å²) in [4.78, 5) is 11.8. The second kappa shape index (κ2) is 7.46. The first-order chi connectivity index (χ1) is 11.6. The van der Waals surface area contributed by atoms with Crippen molar-refractivity contribution in [3.05, 3.63) is 53.2 Å². The van der Waals surface area contributed by atoms with Crippen LogP contribution in [0.25, 0.3) is 10.1 Å². The van der Waals surface area contributed by atoms with Gasteiger partial charge in [0.15, 0.2) is 0 Å². The lowest BCUT2D eigenvalue weighted by Crippen LogP contribution is -2.38. The van der Waals surface area contributed by atoms with Crippen molar-refractivity contribution >= 4 is 27.5 Å². The third-order valence-corrected chi connectivity index (χ3v) is 4.82. The highest BCUT2D eigenvalue weighted by molar-refractivity contribution is 7.17. The SMILES string of the molecule is Cn1cc([C@@H](O)CNC(=O)NCCc2csc3ccccc23)cn1. The van der Waals surface area contributed by atoms with E-state index in [0.717, 1.165) is 6.42 Å². The van der Waals surface area contributed by atoms with Crippen molar-refractivity contribution in [2.24, 2.45) is 7.05 Å². The number of thiophene rings is 1. The summed E-state index contributed by atoms with van der Waals surface area (Å²) >= 11 is 1.72. The molecule has 0 saturated heterocycles. The molecular formula is C17H20N4O2S. The van der Waals surface area contributed by atoms with E-state index in [2.05, 4.69) is 33.2 Å². The summed E-state index contributed by atoms with van der Waals surface area (Å²) in [6.45, 7) is 0.703. The molecular weight excluding hydrogens is 324 g/mol. The lowest BCUT2D eigenvalue weighted by Gasteiger charge is -2.11. The summed E-state index contributed by atoms with van der Waals surface area (Å²) in [5.41, 5.74) is 1.92. The average Bonchev–Trinajstić information content (AvgIpc) is 3.19. The van der Waals surface area contributed by atoms with E-state index < -0.39 is 6.10 Å². The third-order valence-electron chi connectivity index (χ3n) is 3.81. The maximum Gasteiger partial charge on any atom is 0.314 e. The van der Waals surface area contributed by atoms with Crippen LogP contribution in [0.3, 0.4) is 0 Å². The molecule has 2 aromatic heterocycles. The van der Waals surface area contributed by atoms with Crippen molar-refractivity contribution in [2.75, 3.05) is 13.1 Å². The standard InChI is InChI=1S/C17H20N4O2S/c1-21-10-13(8-20-21)15(22)9-19-17(23)18-7-6-12-11-24-16-5-3-2-4-14(12)16/h2-5,8,10-11,15,22H,6-7,9H2,1H3,(H2,18,19,23)/t15-/m0/s1. The number of fused-ring (bicyclic) bond motifs is 1. The van der Waals surface area contributed by atoms with Gasteiger partial charge in [-0.2, -0.15) is 5.10 Å². The minimum absolute atomic E-state index is 0.152. The van der Waals surface area contributed by atoms with Crippen LogP contribution < -0.4 is 10.6 Å². The number of urea groups is 1. The van der Waals surface area contributed by atoms with Crippen molar-refractivity contribution in [3.8, 4) is 0 Å². The Kier molecular flexibility index (Phi) is 5.12. The third kappa shape index (κ3) is 3.93. The Balaban J connectivity index is 1.42. The first-order valence-corrected chi connectivity index (χ1v) is 8.65. The Morgan fingerprint density at radius 1 is 1.38 bits per heavy atom. The number of aliphatic hydroxyl groups excluding tert-OH is 1. The maximum atomic E-state index is 11.8. The zero-order valence-electron chi connectivity index (χ0n) is 13.4. The number of aliphatic hydroxyl groups is 1. The highest BCUT2D eigenvalue weighted by atomic mass is 32.1. The van der Waals surface area contributed by atoms with Crippen molar-refractivity contribution in [3.63, 3.8) is 0 Å². The molecule has 24 heavy (non-hydrogen) atoms. The molecule has 1 atom stereocenters. The molecule has 6 nitrogen and oxygen atoms in total. The molecule has 0 saturated carbocycles. The zero-order valence-corrected chi connectivity index (χ0v) is 14.2. The van der Waals surface area contributed by atoms with Gasteiger partial charge in [-0.3, -0.25) is 4.68 Å².